The lowest BCUT2D eigenvalue weighted by Gasteiger charge is -2.39. The van der Waals surface area contributed by atoms with Crippen LogP contribution in [0.4, 0.5) is 51.3 Å². The van der Waals surface area contributed by atoms with Crippen molar-refractivity contribution in [3.63, 3.8) is 0 Å². The maximum atomic E-state index is 6.51. The molecule has 1 aliphatic rings. The zero-order valence-electron chi connectivity index (χ0n) is 33.4. The highest BCUT2D eigenvalue weighted by Crippen LogP contribution is 2.59. The van der Waals surface area contributed by atoms with Crippen LogP contribution in [0.5, 0.6) is 0 Å². The monoisotopic (exact) mass is 796 g/mol. The maximum Gasteiger partial charge on any atom is 0.148 e. The van der Waals surface area contributed by atoms with Crippen LogP contribution < -0.4 is 14.7 Å². The summed E-state index contributed by atoms with van der Waals surface area (Å²) >= 11 is 0. The van der Waals surface area contributed by atoms with E-state index in [0.717, 1.165) is 112 Å². The topological polar surface area (TPSA) is 40.9 Å². The van der Waals surface area contributed by atoms with Gasteiger partial charge in [-0.3, -0.25) is 9.47 Å². The van der Waals surface area contributed by atoms with Gasteiger partial charge in [0.05, 0.1) is 22.6 Å². The smallest absolute Gasteiger partial charge is 0.148 e. The van der Waals surface area contributed by atoms with E-state index in [1.165, 1.54) is 0 Å². The van der Waals surface area contributed by atoms with Crippen LogP contribution in [-0.2, 0) is 0 Å². The Bertz CT molecular complexity index is 3550. The molecule has 13 rings (SSSR count). The first-order valence-corrected chi connectivity index (χ1v) is 20.9. The Balaban J connectivity index is 1.12. The average Bonchev–Trinajstić information content (AvgIpc) is 4.01. The molecule has 12 aromatic rings. The minimum absolute atomic E-state index is 0.831. The number of furan rings is 2. The van der Waals surface area contributed by atoms with Crippen molar-refractivity contribution in [1.29, 1.82) is 0 Å². The standard InChI is InChI=1S/C56H36N4O2/c1-4-16-37(17-5-1)58-49-24-12-13-25-50(49)60(39-20-8-3-9-21-39)56-55(58)47-34-40(30-33-48(47)59(56)38-18-6-2-7-19-38)57(41-28-31-45-43-22-10-14-26-51(43)61-53(45)35-41)42-29-32-46-44-23-11-15-27-52(44)62-54(46)36-42/h1-36H. The van der Waals surface area contributed by atoms with Gasteiger partial charge < -0.3 is 18.6 Å². The first kappa shape index (κ1) is 34.4. The van der Waals surface area contributed by atoms with Gasteiger partial charge in [-0.25, -0.2) is 0 Å². The number of rotatable bonds is 6. The predicted molar refractivity (Wildman–Crippen MR) is 255 cm³/mol. The van der Waals surface area contributed by atoms with Gasteiger partial charge >= 0.3 is 0 Å². The Morgan fingerprint density at radius 1 is 0.323 bits per heavy atom. The molecule has 0 spiro atoms. The molecule has 62 heavy (non-hydrogen) atoms. The molecule has 0 unspecified atom stereocenters. The SMILES string of the molecule is c1ccc(N2c3ccccc3N(c3ccccc3)c3c2c2cc(N(c4ccc5c(c4)oc4ccccc45)c4ccc5c(c4)oc4ccccc45)ccc2n3-c2ccccc2)cc1. The van der Waals surface area contributed by atoms with E-state index in [1.807, 2.05) is 24.3 Å². The van der Waals surface area contributed by atoms with Crippen molar-refractivity contribution in [2.24, 2.45) is 0 Å². The minimum Gasteiger partial charge on any atom is -0.456 e. The highest BCUT2D eigenvalue weighted by atomic mass is 16.3. The van der Waals surface area contributed by atoms with E-state index in [0.29, 0.717) is 0 Å². The van der Waals surface area contributed by atoms with Gasteiger partial charge in [0.1, 0.15) is 28.1 Å². The highest BCUT2D eigenvalue weighted by molar-refractivity contribution is 6.15. The van der Waals surface area contributed by atoms with Gasteiger partial charge in [0, 0.05) is 73.2 Å². The summed E-state index contributed by atoms with van der Waals surface area (Å²) < 4.78 is 15.4. The number of nitrogens with zero attached hydrogens (tertiary/aromatic N) is 4. The molecule has 0 saturated carbocycles. The van der Waals surface area contributed by atoms with Crippen molar-refractivity contribution in [3.8, 4) is 5.69 Å². The van der Waals surface area contributed by atoms with Gasteiger partial charge in [0.15, 0.2) is 0 Å². The maximum absolute atomic E-state index is 6.51. The third-order valence-corrected chi connectivity index (χ3v) is 12.2. The quantitative estimate of drug-likeness (QED) is 0.168. The second kappa shape index (κ2) is 13.5. The second-order valence-corrected chi connectivity index (χ2v) is 15.8. The Hall–Kier alpha value is -8.48. The van der Waals surface area contributed by atoms with Crippen molar-refractivity contribution in [1.82, 2.24) is 4.57 Å². The van der Waals surface area contributed by atoms with Crippen LogP contribution >= 0.6 is 0 Å². The molecule has 6 nitrogen and oxygen atoms in total. The largest absolute Gasteiger partial charge is 0.456 e. The zero-order chi connectivity index (χ0) is 40.7. The second-order valence-electron chi connectivity index (χ2n) is 15.8. The van der Waals surface area contributed by atoms with Gasteiger partial charge in [-0.15, -0.1) is 0 Å². The summed E-state index contributed by atoms with van der Waals surface area (Å²) in [6, 6.07) is 77.3. The molecule has 0 fully saturated rings. The summed E-state index contributed by atoms with van der Waals surface area (Å²) in [5.74, 6) is 1.05. The van der Waals surface area contributed by atoms with Gasteiger partial charge in [0.2, 0.25) is 0 Å². The molecular formula is C56H36N4O2. The molecular weight excluding hydrogens is 761 g/mol. The van der Waals surface area contributed by atoms with Gasteiger partial charge in [-0.05, 0) is 103 Å². The molecule has 0 radical (unpaired) electrons. The Kier molecular flexibility index (Phi) is 7.50. The summed E-state index contributed by atoms with van der Waals surface area (Å²) in [5.41, 5.74) is 13.9. The van der Waals surface area contributed by atoms with Crippen molar-refractivity contribution in [2.75, 3.05) is 14.7 Å². The Morgan fingerprint density at radius 2 is 0.758 bits per heavy atom. The minimum atomic E-state index is 0.831. The van der Waals surface area contributed by atoms with E-state index in [-0.39, 0.29) is 0 Å². The zero-order valence-corrected chi connectivity index (χ0v) is 33.4. The fourth-order valence-electron chi connectivity index (χ4n) is 9.57. The molecule has 0 bridgehead atoms. The lowest BCUT2D eigenvalue weighted by Crippen LogP contribution is -2.25. The molecule has 9 aromatic carbocycles. The molecule has 6 heteroatoms. The van der Waals surface area contributed by atoms with Crippen molar-refractivity contribution in [2.45, 2.75) is 0 Å². The van der Waals surface area contributed by atoms with E-state index in [4.69, 9.17) is 8.83 Å². The summed E-state index contributed by atoms with van der Waals surface area (Å²) in [6.07, 6.45) is 0. The number of fused-ring (bicyclic) bond motifs is 10. The van der Waals surface area contributed by atoms with Crippen LogP contribution in [0.25, 0.3) is 60.5 Å². The molecule has 292 valence electrons. The third-order valence-electron chi connectivity index (χ3n) is 12.2. The molecule has 0 aliphatic carbocycles. The first-order chi connectivity index (χ1) is 30.8. The van der Waals surface area contributed by atoms with Gasteiger partial charge in [-0.2, -0.15) is 0 Å². The van der Waals surface area contributed by atoms with E-state index >= 15 is 0 Å². The predicted octanol–water partition coefficient (Wildman–Crippen LogP) is 16.2. The molecule has 0 atom stereocenters. The van der Waals surface area contributed by atoms with Crippen LogP contribution in [0.1, 0.15) is 0 Å². The van der Waals surface area contributed by atoms with E-state index < -0.39 is 0 Å². The fourth-order valence-corrected chi connectivity index (χ4v) is 9.57. The number of benzene rings is 9. The highest BCUT2D eigenvalue weighted by Gasteiger charge is 2.37. The van der Waals surface area contributed by atoms with E-state index in [2.05, 4.69) is 213 Å². The van der Waals surface area contributed by atoms with Crippen LogP contribution in [0.3, 0.4) is 0 Å². The van der Waals surface area contributed by atoms with Crippen LogP contribution in [-0.4, -0.2) is 4.57 Å². The summed E-state index contributed by atoms with van der Waals surface area (Å²) in [7, 11) is 0. The molecule has 0 N–H and O–H groups in total. The first-order valence-electron chi connectivity index (χ1n) is 20.9. The molecule has 1 aliphatic heterocycles. The van der Waals surface area contributed by atoms with Crippen LogP contribution in [0.15, 0.2) is 227 Å². The average molecular weight is 797 g/mol. The van der Waals surface area contributed by atoms with Gasteiger partial charge in [-0.1, -0.05) is 103 Å². The molecule has 0 amide bonds. The van der Waals surface area contributed by atoms with Crippen molar-refractivity contribution >= 4 is 106 Å². The third kappa shape index (κ3) is 5.17. The van der Waals surface area contributed by atoms with Gasteiger partial charge in [0.25, 0.3) is 0 Å². The summed E-state index contributed by atoms with van der Waals surface area (Å²) in [6.45, 7) is 0. The number of hydrogen-bond acceptors (Lipinski definition) is 5. The van der Waals surface area contributed by atoms with E-state index in [9.17, 15) is 0 Å². The van der Waals surface area contributed by atoms with E-state index in [1.54, 1.807) is 0 Å². The lowest BCUT2D eigenvalue weighted by atomic mass is 10.1. The summed E-state index contributed by atoms with van der Waals surface area (Å²) in [5, 5.41) is 5.47. The molecule has 0 saturated heterocycles. The van der Waals surface area contributed by atoms with Crippen molar-refractivity contribution < 1.29 is 8.83 Å². The fraction of sp³-hybridized carbons (Fsp3) is 0. The Labute approximate surface area is 356 Å². The summed E-state index contributed by atoms with van der Waals surface area (Å²) in [4.78, 5) is 7.17. The number of para-hydroxylation sites is 7. The molecule has 4 heterocycles. The number of aromatic nitrogens is 1. The lowest BCUT2D eigenvalue weighted by molar-refractivity contribution is 0.669. The van der Waals surface area contributed by atoms with Crippen LogP contribution in [0.2, 0.25) is 0 Å². The number of anilines is 9. The van der Waals surface area contributed by atoms with Crippen molar-refractivity contribution in [3.05, 3.63) is 218 Å². The Morgan fingerprint density at radius 3 is 1.34 bits per heavy atom. The normalized spacial score (nSPS) is 12.5. The van der Waals surface area contributed by atoms with Crippen LogP contribution in [0, 0.1) is 0 Å². The number of hydrogen-bond donors (Lipinski definition) is 0. The molecule has 3 aromatic heterocycles.